The third kappa shape index (κ3) is 7.78. The molecule has 0 bridgehead atoms. The zero-order valence-corrected chi connectivity index (χ0v) is 23.9. The van der Waals surface area contributed by atoms with Crippen LogP contribution in [0, 0.1) is 5.92 Å². The predicted molar refractivity (Wildman–Crippen MR) is 159 cm³/mol. The number of phenols is 1. The van der Waals surface area contributed by atoms with Crippen molar-refractivity contribution < 1.29 is 14.7 Å². The van der Waals surface area contributed by atoms with Crippen molar-refractivity contribution in [3.05, 3.63) is 83.9 Å². The number of unbranched alkanes of at least 4 members (excludes halogenated alkanes) is 1. The number of hydrogen-bond donors (Lipinski definition) is 3. The molecule has 9 nitrogen and oxygen atoms in total. The van der Waals surface area contributed by atoms with Crippen LogP contribution >= 0.6 is 0 Å². The van der Waals surface area contributed by atoms with Crippen molar-refractivity contribution in [3.8, 4) is 28.3 Å². The molecule has 1 heterocycles. The fourth-order valence-corrected chi connectivity index (χ4v) is 4.91. The van der Waals surface area contributed by atoms with E-state index in [9.17, 15) is 14.7 Å². The summed E-state index contributed by atoms with van der Waals surface area (Å²) in [6, 6.07) is 22.3. The van der Waals surface area contributed by atoms with Crippen LogP contribution in [0.3, 0.4) is 0 Å². The minimum atomic E-state index is -0.599. The molecule has 0 aliphatic heterocycles. The zero-order chi connectivity index (χ0) is 29.2. The molecule has 1 atom stereocenters. The first-order valence-corrected chi connectivity index (χ1v) is 14.1. The molecule has 0 unspecified atom stereocenters. The Kier molecular flexibility index (Phi) is 10.2. The molecule has 3 N–H and O–H groups in total. The lowest BCUT2D eigenvalue weighted by Gasteiger charge is -2.34. The number of carbonyl (C=O) groups excluding carboxylic acids is 2. The van der Waals surface area contributed by atoms with Crippen LogP contribution in [0.1, 0.15) is 51.2 Å². The molecule has 0 spiro atoms. The number of amides is 2. The van der Waals surface area contributed by atoms with Gasteiger partial charge < -0.3 is 15.3 Å². The molecule has 4 rings (SSSR count). The fourth-order valence-electron chi connectivity index (χ4n) is 4.91. The Bertz CT molecular complexity index is 1400. The van der Waals surface area contributed by atoms with E-state index in [-0.39, 0.29) is 23.5 Å². The first-order valence-electron chi connectivity index (χ1n) is 14.1. The van der Waals surface area contributed by atoms with E-state index in [0.29, 0.717) is 31.8 Å². The smallest absolute Gasteiger partial charge is 0.243 e. The number of aromatic hydroxyl groups is 1. The number of H-pyrrole nitrogens is 1. The minimum Gasteiger partial charge on any atom is -0.508 e. The van der Waals surface area contributed by atoms with Gasteiger partial charge in [-0.2, -0.15) is 5.21 Å². The van der Waals surface area contributed by atoms with Crippen molar-refractivity contribution in [1.29, 1.82) is 0 Å². The van der Waals surface area contributed by atoms with E-state index < -0.39 is 6.04 Å². The van der Waals surface area contributed by atoms with Gasteiger partial charge in [-0.05, 0) is 58.4 Å². The molecule has 1 aromatic heterocycles. The second-order valence-corrected chi connectivity index (χ2v) is 10.5. The topological polar surface area (TPSA) is 124 Å². The molecule has 9 heteroatoms. The highest BCUT2D eigenvalue weighted by Crippen LogP contribution is 2.30. The Morgan fingerprint density at radius 2 is 1.63 bits per heavy atom. The van der Waals surface area contributed by atoms with Gasteiger partial charge in [0.25, 0.3) is 0 Å². The summed E-state index contributed by atoms with van der Waals surface area (Å²) in [6.07, 6.45) is 2.71. The van der Waals surface area contributed by atoms with Crippen LogP contribution < -0.4 is 5.32 Å². The van der Waals surface area contributed by atoms with Crippen LogP contribution in [-0.2, 0) is 22.6 Å². The Morgan fingerprint density at radius 1 is 0.951 bits per heavy atom. The number of tetrazole rings is 1. The Hall–Kier alpha value is -4.53. The van der Waals surface area contributed by atoms with Crippen molar-refractivity contribution in [2.24, 2.45) is 5.92 Å². The SMILES string of the molecule is CCCCC(=O)N(Cc1ccc(-c2ccccc2-c2nn[nH]n2)cc1)[C@H](C(=O)NCCc1ccc(O)cc1)C(C)C. The molecule has 2 amide bonds. The predicted octanol–water partition coefficient (Wildman–Crippen LogP) is 5.14. The van der Waals surface area contributed by atoms with Crippen LogP contribution in [0.4, 0.5) is 0 Å². The molecule has 3 aromatic carbocycles. The maximum atomic E-state index is 13.5. The summed E-state index contributed by atoms with van der Waals surface area (Å²) in [5.74, 6) is 0.479. The first-order chi connectivity index (χ1) is 19.9. The van der Waals surface area contributed by atoms with Crippen LogP contribution in [-0.4, -0.2) is 55.0 Å². The Labute approximate surface area is 241 Å². The van der Waals surface area contributed by atoms with Gasteiger partial charge in [0.1, 0.15) is 11.8 Å². The lowest BCUT2D eigenvalue weighted by Crippen LogP contribution is -2.52. The molecule has 41 heavy (non-hydrogen) atoms. The molecule has 214 valence electrons. The van der Waals surface area contributed by atoms with Crippen molar-refractivity contribution >= 4 is 11.8 Å². The van der Waals surface area contributed by atoms with E-state index in [1.54, 1.807) is 17.0 Å². The van der Waals surface area contributed by atoms with Gasteiger partial charge >= 0.3 is 0 Å². The zero-order valence-electron chi connectivity index (χ0n) is 23.9. The van der Waals surface area contributed by atoms with Gasteiger partial charge in [-0.1, -0.05) is 87.9 Å². The molecule has 4 aromatic rings. The summed E-state index contributed by atoms with van der Waals surface area (Å²) in [6.45, 7) is 6.78. The average molecular weight is 555 g/mol. The summed E-state index contributed by atoms with van der Waals surface area (Å²) >= 11 is 0. The van der Waals surface area contributed by atoms with E-state index in [0.717, 1.165) is 40.7 Å². The van der Waals surface area contributed by atoms with Gasteiger partial charge in [0.2, 0.25) is 17.6 Å². The van der Waals surface area contributed by atoms with Crippen molar-refractivity contribution in [3.63, 3.8) is 0 Å². The Balaban J connectivity index is 1.52. The quantitative estimate of drug-likeness (QED) is 0.210. The third-order valence-electron chi connectivity index (χ3n) is 7.08. The number of aromatic amines is 1. The number of nitrogens with one attached hydrogen (secondary N) is 2. The van der Waals surface area contributed by atoms with Gasteiger partial charge in [0.15, 0.2) is 0 Å². The van der Waals surface area contributed by atoms with Crippen molar-refractivity contribution in [2.75, 3.05) is 6.54 Å². The average Bonchev–Trinajstić information content (AvgIpc) is 3.52. The lowest BCUT2D eigenvalue weighted by atomic mass is 9.97. The van der Waals surface area contributed by atoms with E-state index in [2.05, 4.69) is 32.9 Å². The second-order valence-electron chi connectivity index (χ2n) is 10.5. The van der Waals surface area contributed by atoms with Crippen LogP contribution in [0.5, 0.6) is 5.75 Å². The minimum absolute atomic E-state index is 0.0224. The van der Waals surface area contributed by atoms with Crippen LogP contribution in [0.25, 0.3) is 22.5 Å². The normalized spacial score (nSPS) is 11.8. The molecule has 0 saturated heterocycles. The van der Waals surface area contributed by atoms with Gasteiger partial charge in [-0.3, -0.25) is 9.59 Å². The van der Waals surface area contributed by atoms with E-state index >= 15 is 0 Å². The van der Waals surface area contributed by atoms with Crippen molar-refractivity contribution in [1.82, 2.24) is 30.8 Å². The summed E-state index contributed by atoms with van der Waals surface area (Å²) in [5, 5.41) is 27.0. The Morgan fingerprint density at radius 3 is 2.27 bits per heavy atom. The summed E-state index contributed by atoms with van der Waals surface area (Å²) in [5.41, 5.74) is 4.79. The number of carbonyl (C=O) groups is 2. The standard InChI is InChI=1S/C32H38N6O3/c1-4-5-10-29(40)38(30(22(2)3)32(41)33-20-19-23-13-17-26(39)18-14-23)21-24-11-15-25(16-12-24)27-8-6-7-9-28(27)31-34-36-37-35-31/h6-9,11-18,22,30,39H,4-5,10,19-21H2,1-3H3,(H,33,41)(H,34,35,36,37)/t30-/m0/s1. The molecule has 0 fully saturated rings. The molecular formula is C32H38N6O3. The highest BCUT2D eigenvalue weighted by Gasteiger charge is 2.32. The fraction of sp³-hybridized carbons (Fsp3) is 0.344. The highest BCUT2D eigenvalue weighted by atomic mass is 16.3. The number of phenolic OH excluding ortho intramolecular Hbond substituents is 1. The lowest BCUT2D eigenvalue weighted by molar-refractivity contribution is -0.143. The largest absolute Gasteiger partial charge is 0.508 e. The second kappa shape index (κ2) is 14.2. The van der Waals surface area contributed by atoms with Gasteiger partial charge in [0, 0.05) is 25.1 Å². The number of hydrogen-bond acceptors (Lipinski definition) is 6. The number of aromatic nitrogens is 4. The summed E-state index contributed by atoms with van der Waals surface area (Å²) < 4.78 is 0. The molecule has 0 radical (unpaired) electrons. The third-order valence-corrected chi connectivity index (χ3v) is 7.08. The van der Waals surface area contributed by atoms with Gasteiger partial charge in [0.05, 0.1) is 0 Å². The molecule has 0 aliphatic carbocycles. The van der Waals surface area contributed by atoms with Gasteiger partial charge in [-0.25, -0.2) is 0 Å². The summed E-state index contributed by atoms with van der Waals surface area (Å²) in [4.78, 5) is 28.6. The van der Waals surface area contributed by atoms with Gasteiger partial charge in [-0.15, -0.1) is 10.2 Å². The number of rotatable bonds is 13. The van der Waals surface area contributed by atoms with Crippen molar-refractivity contribution in [2.45, 2.75) is 59.0 Å². The summed E-state index contributed by atoms with van der Waals surface area (Å²) in [7, 11) is 0. The highest BCUT2D eigenvalue weighted by molar-refractivity contribution is 5.88. The van der Waals surface area contributed by atoms with E-state index in [4.69, 9.17) is 0 Å². The molecule has 0 aliphatic rings. The maximum Gasteiger partial charge on any atom is 0.243 e. The molecule has 0 saturated carbocycles. The molecular weight excluding hydrogens is 516 g/mol. The van der Waals surface area contributed by atoms with Crippen LogP contribution in [0.15, 0.2) is 72.8 Å². The first kappa shape index (κ1) is 29.5. The number of benzene rings is 3. The van der Waals surface area contributed by atoms with E-state index in [1.165, 1.54) is 0 Å². The number of nitrogens with zero attached hydrogens (tertiary/aromatic N) is 4. The maximum absolute atomic E-state index is 13.5. The van der Waals surface area contributed by atoms with E-state index in [1.807, 2.05) is 74.5 Å². The monoisotopic (exact) mass is 554 g/mol. The van der Waals surface area contributed by atoms with Crippen LogP contribution in [0.2, 0.25) is 0 Å².